The highest BCUT2D eigenvalue weighted by Crippen LogP contribution is 2.22. The number of hydrogen-bond acceptors (Lipinski definition) is 4. The van der Waals surface area contributed by atoms with Crippen molar-refractivity contribution in [1.82, 2.24) is 5.43 Å². The van der Waals surface area contributed by atoms with Gasteiger partial charge >= 0.3 is 0 Å². The first-order chi connectivity index (χ1) is 10.2. The first-order valence-corrected chi connectivity index (χ1v) is 7.40. The van der Waals surface area contributed by atoms with Gasteiger partial charge in [-0.15, -0.1) is 0 Å². The molecular formula is C16H23N3O2. The minimum absolute atomic E-state index is 0.147. The number of hydrazone groups is 1. The van der Waals surface area contributed by atoms with Gasteiger partial charge in [-0.3, -0.25) is 4.79 Å². The van der Waals surface area contributed by atoms with Crippen molar-refractivity contribution in [2.24, 2.45) is 11.0 Å². The Morgan fingerprint density at radius 2 is 2.24 bits per heavy atom. The molecule has 2 N–H and O–H groups in total. The van der Waals surface area contributed by atoms with Crippen LogP contribution in [0.15, 0.2) is 29.4 Å². The van der Waals surface area contributed by atoms with E-state index in [1.54, 1.807) is 7.11 Å². The normalized spacial score (nSPS) is 20.1. The van der Waals surface area contributed by atoms with E-state index in [0.717, 1.165) is 36.4 Å². The molecule has 114 valence electrons. The molecule has 1 aromatic carbocycles. The molecule has 1 aliphatic carbocycles. The Labute approximate surface area is 125 Å². The van der Waals surface area contributed by atoms with E-state index in [9.17, 15) is 4.79 Å². The minimum Gasteiger partial charge on any atom is -0.495 e. The molecule has 1 unspecified atom stereocenters. The zero-order chi connectivity index (χ0) is 15.1. The van der Waals surface area contributed by atoms with E-state index in [2.05, 4.69) is 22.8 Å². The minimum atomic E-state index is -0.147. The van der Waals surface area contributed by atoms with Crippen molar-refractivity contribution in [2.75, 3.05) is 19.0 Å². The number of nitrogens with one attached hydrogen (secondary N) is 2. The summed E-state index contributed by atoms with van der Waals surface area (Å²) in [6.07, 6.45) is 4.39. The molecule has 2 rings (SSSR count). The zero-order valence-electron chi connectivity index (χ0n) is 12.7. The van der Waals surface area contributed by atoms with E-state index < -0.39 is 0 Å². The lowest BCUT2D eigenvalue weighted by Gasteiger charge is -2.19. The molecule has 1 fully saturated rings. The van der Waals surface area contributed by atoms with Gasteiger partial charge in [0, 0.05) is 5.71 Å². The van der Waals surface area contributed by atoms with Crippen LogP contribution >= 0.6 is 0 Å². The smallest absolute Gasteiger partial charge is 0.259 e. The summed E-state index contributed by atoms with van der Waals surface area (Å²) < 4.78 is 5.22. The highest BCUT2D eigenvalue weighted by molar-refractivity contribution is 5.88. The van der Waals surface area contributed by atoms with Crippen molar-refractivity contribution < 1.29 is 9.53 Å². The largest absolute Gasteiger partial charge is 0.495 e. The van der Waals surface area contributed by atoms with Crippen LogP contribution in [0.3, 0.4) is 0 Å². The zero-order valence-corrected chi connectivity index (χ0v) is 12.7. The molecule has 0 saturated heterocycles. The van der Waals surface area contributed by atoms with E-state index >= 15 is 0 Å². The number of para-hydroxylation sites is 2. The Bertz CT molecular complexity index is 514. The van der Waals surface area contributed by atoms with Crippen LogP contribution in [-0.4, -0.2) is 25.3 Å². The van der Waals surface area contributed by atoms with Crippen molar-refractivity contribution in [1.29, 1.82) is 0 Å². The highest BCUT2D eigenvalue weighted by Gasteiger charge is 2.14. The topological polar surface area (TPSA) is 62.7 Å². The summed E-state index contributed by atoms with van der Waals surface area (Å²) in [6, 6.07) is 7.51. The number of amides is 1. The third-order valence-electron chi connectivity index (χ3n) is 3.63. The van der Waals surface area contributed by atoms with Gasteiger partial charge in [-0.2, -0.15) is 5.10 Å². The molecule has 1 saturated carbocycles. The maximum Gasteiger partial charge on any atom is 0.259 e. The maximum atomic E-state index is 11.8. The van der Waals surface area contributed by atoms with E-state index in [1.807, 2.05) is 24.3 Å². The van der Waals surface area contributed by atoms with Crippen molar-refractivity contribution >= 4 is 17.3 Å². The van der Waals surface area contributed by atoms with Crippen molar-refractivity contribution in [3.05, 3.63) is 24.3 Å². The molecule has 0 aromatic heterocycles. The molecule has 0 spiro atoms. The van der Waals surface area contributed by atoms with Gasteiger partial charge in [-0.25, -0.2) is 5.43 Å². The Morgan fingerprint density at radius 3 is 3.00 bits per heavy atom. The second kappa shape index (κ2) is 7.67. The third-order valence-corrected chi connectivity index (χ3v) is 3.63. The van der Waals surface area contributed by atoms with Gasteiger partial charge in [0.2, 0.25) is 0 Å². The van der Waals surface area contributed by atoms with Crippen LogP contribution in [0, 0.1) is 5.92 Å². The summed E-state index contributed by atoms with van der Waals surface area (Å²) in [5.74, 6) is 1.24. The standard InChI is InChI=1S/C16H23N3O2/c1-12-6-5-7-13(10-12)18-19-16(20)11-17-14-8-3-4-9-15(14)21-2/h3-4,8-9,12,17H,5-7,10-11H2,1-2H3,(H,19,20)/b18-13+. The molecule has 1 aliphatic rings. The van der Waals surface area contributed by atoms with Gasteiger partial charge in [0.15, 0.2) is 0 Å². The number of methoxy groups -OCH3 is 1. The Balaban J connectivity index is 1.81. The SMILES string of the molecule is COc1ccccc1NCC(=O)N/N=C1\CCCC(C)C1. The van der Waals surface area contributed by atoms with Gasteiger partial charge in [0.05, 0.1) is 19.3 Å². The number of rotatable bonds is 5. The van der Waals surface area contributed by atoms with Crippen LogP contribution in [0.4, 0.5) is 5.69 Å². The maximum absolute atomic E-state index is 11.8. The van der Waals surface area contributed by atoms with Crippen LogP contribution in [0.25, 0.3) is 0 Å². The number of carbonyl (C=O) groups is 1. The summed E-state index contributed by atoms with van der Waals surface area (Å²) in [7, 11) is 1.61. The number of anilines is 1. The van der Waals surface area contributed by atoms with Gasteiger partial charge in [-0.1, -0.05) is 19.1 Å². The lowest BCUT2D eigenvalue weighted by molar-refractivity contribution is -0.119. The molecule has 0 radical (unpaired) electrons. The Kier molecular flexibility index (Phi) is 5.60. The quantitative estimate of drug-likeness (QED) is 0.819. The Morgan fingerprint density at radius 1 is 1.43 bits per heavy atom. The molecule has 1 atom stereocenters. The van der Waals surface area contributed by atoms with Crippen molar-refractivity contribution in [2.45, 2.75) is 32.6 Å². The first-order valence-electron chi connectivity index (χ1n) is 7.40. The molecule has 5 nitrogen and oxygen atoms in total. The second-order valence-electron chi connectivity index (χ2n) is 5.47. The Hall–Kier alpha value is -2.04. The van der Waals surface area contributed by atoms with Crippen LogP contribution in [-0.2, 0) is 4.79 Å². The molecule has 0 heterocycles. The third kappa shape index (κ3) is 4.77. The number of ether oxygens (including phenoxy) is 1. The molecule has 21 heavy (non-hydrogen) atoms. The fourth-order valence-corrected chi connectivity index (χ4v) is 2.51. The molecule has 5 heteroatoms. The van der Waals surface area contributed by atoms with E-state index in [-0.39, 0.29) is 12.5 Å². The number of benzene rings is 1. The monoisotopic (exact) mass is 289 g/mol. The second-order valence-corrected chi connectivity index (χ2v) is 5.47. The van der Waals surface area contributed by atoms with Crippen LogP contribution in [0.2, 0.25) is 0 Å². The highest BCUT2D eigenvalue weighted by atomic mass is 16.5. The predicted octanol–water partition coefficient (Wildman–Crippen LogP) is 2.79. The molecule has 1 aromatic rings. The number of hydrogen-bond donors (Lipinski definition) is 2. The van der Waals surface area contributed by atoms with Gasteiger partial charge < -0.3 is 10.1 Å². The van der Waals surface area contributed by atoms with Crippen LogP contribution < -0.4 is 15.5 Å². The lowest BCUT2D eigenvalue weighted by Crippen LogP contribution is -2.28. The summed E-state index contributed by atoms with van der Waals surface area (Å²) in [5, 5.41) is 7.29. The average Bonchev–Trinajstić information content (AvgIpc) is 2.51. The predicted molar refractivity (Wildman–Crippen MR) is 84.7 cm³/mol. The lowest BCUT2D eigenvalue weighted by atomic mass is 9.89. The fraction of sp³-hybridized carbons (Fsp3) is 0.500. The fourth-order valence-electron chi connectivity index (χ4n) is 2.51. The first kappa shape index (κ1) is 15.4. The van der Waals surface area contributed by atoms with Crippen LogP contribution in [0.1, 0.15) is 32.6 Å². The summed E-state index contributed by atoms with van der Waals surface area (Å²) >= 11 is 0. The van der Waals surface area contributed by atoms with Crippen LogP contribution in [0.5, 0.6) is 5.75 Å². The summed E-state index contributed by atoms with van der Waals surface area (Å²) in [5.41, 5.74) is 4.52. The number of nitrogens with zero attached hydrogens (tertiary/aromatic N) is 1. The molecule has 0 aliphatic heterocycles. The van der Waals surface area contributed by atoms with Crippen molar-refractivity contribution in [3.63, 3.8) is 0 Å². The molecular weight excluding hydrogens is 266 g/mol. The molecule has 0 bridgehead atoms. The van der Waals surface area contributed by atoms with E-state index in [4.69, 9.17) is 4.74 Å². The summed E-state index contributed by atoms with van der Waals surface area (Å²) in [4.78, 5) is 11.8. The number of carbonyl (C=O) groups excluding carboxylic acids is 1. The van der Waals surface area contributed by atoms with E-state index in [0.29, 0.717) is 5.92 Å². The average molecular weight is 289 g/mol. The van der Waals surface area contributed by atoms with Gasteiger partial charge in [-0.05, 0) is 43.7 Å². The molecule has 1 amide bonds. The van der Waals surface area contributed by atoms with E-state index in [1.165, 1.54) is 6.42 Å². The van der Waals surface area contributed by atoms with Gasteiger partial charge in [0.1, 0.15) is 5.75 Å². The van der Waals surface area contributed by atoms with Crippen molar-refractivity contribution in [3.8, 4) is 5.75 Å². The summed E-state index contributed by atoms with van der Waals surface area (Å²) in [6.45, 7) is 2.40. The van der Waals surface area contributed by atoms with Gasteiger partial charge in [0.25, 0.3) is 5.91 Å².